The normalized spacial score (nSPS) is 14.8. The molecule has 0 bridgehead atoms. The number of amides is 2. The third kappa shape index (κ3) is 4.50. The van der Waals surface area contributed by atoms with E-state index >= 15 is 0 Å². The van der Waals surface area contributed by atoms with Crippen molar-refractivity contribution in [3.8, 4) is 11.5 Å². The van der Waals surface area contributed by atoms with Gasteiger partial charge >= 0.3 is 0 Å². The minimum Gasteiger partial charge on any atom is -0.497 e. The van der Waals surface area contributed by atoms with Crippen LogP contribution >= 0.6 is 0 Å². The van der Waals surface area contributed by atoms with Gasteiger partial charge in [-0.05, 0) is 37.1 Å². The van der Waals surface area contributed by atoms with Crippen molar-refractivity contribution < 1.29 is 19.1 Å². The summed E-state index contributed by atoms with van der Waals surface area (Å²) in [7, 11) is 3.15. The number of ether oxygens (including phenoxy) is 2. The molecule has 1 aliphatic rings. The summed E-state index contributed by atoms with van der Waals surface area (Å²) in [5.74, 6) is 0.600. The summed E-state index contributed by atoms with van der Waals surface area (Å²) in [5, 5.41) is 0. The first-order valence-corrected chi connectivity index (χ1v) is 8.04. The van der Waals surface area contributed by atoms with Crippen molar-refractivity contribution in [1.82, 2.24) is 4.90 Å². The molecular formula is C18H24N2O4. The summed E-state index contributed by atoms with van der Waals surface area (Å²) in [6.07, 6.45) is 7.09. The zero-order chi connectivity index (χ0) is 17.5. The van der Waals surface area contributed by atoms with Gasteiger partial charge in [-0.2, -0.15) is 0 Å². The lowest BCUT2D eigenvalue weighted by Gasteiger charge is -2.26. The number of nitrogens with two attached hydrogens (primary N) is 1. The third-order valence-electron chi connectivity index (χ3n) is 4.22. The zero-order valence-electron chi connectivity index (χ0n) is 14.2. The molecule has 0 aliphatic heterocycles. The van der Waals surface area contributed by atoms with E-state index < -0.39 is 5.91 Å². The largest absolute Gasteiger partial charge is 0.497 e. The van der Waals surface area contributed by atoms with Crippen molar-refractivity contribution in [1.29, 1.82) is 0 Å². The quantitative estimate of drug-likeness (QED) is 0.774. The molecule has 6 heteroatoms. The van der Waals surface area contributed by atoms with Crippen LogP contribution in [0.15, 0.2) is 24.3 Å². The van der Waals surface area contributed by atoms with Crippen LogP contribution in [0.25, 0.3) is 6.08 Å². The Morgan fingerprint density at radius 3 is 2.54 bits per heavy atom. The predicted molar refractivity (Wildman–Crippen MR) is 91.7 cm³/mol. The number of carbonyl (C=O) groups excluding carboxylic acids is 2. The fourth-order valence-corrected chi connectivity index (χ4v) is 3.00. The topological polar surface area (TPSA) is 81.9 Å². The molecule has 0 unspecified atom stereocenters. The van der Waals surface area contributed by atoms with E-state index in [1.807, 2.05) is 0 Å². The fraction of sp³-hybridized carbons (Fsp3) is 0.444. The molecule has 0 aromatic heterocycles. The SMILES string of the molecule is COc1ccc(OC)c(/C=C/C(=O)N(CC(N)=O)C2CCCC2)c1. The van der Waals surface area contributed by atoms with Crippen LogP contribution in [0.5, 0.6) is 11.5 Å². The summed E-state index contributed by atoms with van der Waals surface area (Å²) in [5.41, 5.74) is 6.03. The lowest BCUT2D eigenvalue weighted by molar-refractivity contribution is -0.133. The van der Waals surface area contributed by atoms with Crippen LogP contribution in [0.3, 0.4) is 0 Å². The Kier molecular flexibility index (Phi) is 6.23. The number of nitrogens with zero attached hydrogens (tertiary/aromatic N) is 1. The Morgan fingerprint density at radius 2 is 1.96 bits per heavy atom. The Morgan fingerprint density at radius 1 is 1.25 bits per heavy atom. The molecule has 24 heavy (non-hydrogen) atoms. The number of primary amides is 1. The molecule has 1 aromatic carbocycles. The second-order valence-corrected chi connectivity index (χ2v) is 5.81. The monoisotopic (exact) mass is 332 g/mol. The minimum absolute atomic E-state index is 0.0525. The number of hydrogen-bond acceptors (Lipinski definition) is 4. The van der Waals surface area contributed by atoms with Gasteiger partial charge in [0.2, 0.25) is 11.8 Å². The fourth-order valence-electron chi connectivity index (χ4n) is 3.00. The van der Waals surface area contributed by atoms with Gasteiger partial charge in [0.25, 0.3) is 0 Å². The highest BCUT2D eigenvalue weighted by atomic mass is 16.5. The Bertz CT molecular complexity index is 621. The highest BCUT2D eigenvalue weighted by Gasteiger charge is 2.26. The second kappa shape index (κ2) is 8.38. The van der Waals surface area contributed by atoms with Gasteiger partial charge in [-0.15, -0.1) is 0 Å². The first-order chi connectivity index (χ1) is 11.5. The van der Waals surface area contributed by atoms with E-state index in [0.717, 1.165) is 31.2 Å². The van der Waals surface area contributed by atoms with Crippen LogP contribution in [0.1, 0.15) is 31.2 Å². The van der Waals surface area contributed by atoms with Gasteiger partial charge in [0.1, 0.15) is 11.5 Å². The Balaban J connectivity index is 2.18. The summed E-state index contributed by atoms with van der Waals surface area (Å²) in [6.45, 7) is -0.0525. The number of carbonyl (C=O) groups is 2. The first kappa shape index (κ1) is 17.8. The average Bonchev–Trinajstić information content (AvgIpc) is 3.11. The molecular weight excluding hydrogens is 308 g/mol. The van der Waals surface area contributed by atoms with Crippen molar-refractivity contribution in [2.45, 2.75) is 31.7 Å². The minimum atomic E-state index is -0.498. The second-order valence-electron chi connectivity index (χ2n) is 5.81. The molecule has 0 radical (unpaired) electrons. The van der Waals surface area contributed by atoms with E-state index in [1.54, 1.807) is 43.4 Å². The highest BCUT2D eigenvalue weighted by Crippen LogP contribution is 2.26. The number of hydrogen-bond donors (Lipinski definition) is 1. The molecule has 1 aromatic rings. The zero-order valence-corrected chi connectivity index (χ0v) is 14.2. The summed E-state index contributed by atoms with van der Waals surface area (Å²) < 4.78 is 10.5. The van der Waals surface area contributed by atoms with E-state index in [1.165, 1.54) is 6.08 Å². The van der Waals surface area contributed by atoms with Gasteiger partial charge in [-0.3, -0.25) is 9.59 Å². The van der Waals surface area contributed by atoms with Crippen LogP contribution in [0.4, 0.5) is 0 Å². The molecule has 0 saturated heterocycles. The molecule has 1 aliphatic carbocycles. The molecule has 130 valence electrons. The molecule has 6 nitrogen and oxygen atoms in total. The van der Waals surface area contributed by atoms with E-state index in [4.69, 9.17) is 15.2 Å². The summed E-state index contributed by atoms with van der Waals surface area (Å²) in [6, 6.07) is 5.44. The lowest BCUT2D eigenvalue weighted by Crippen LogP contribution is -2.43. The van der Waals surface area contributed by atoms with Crippen molar-refractivity contribution in [3.05, 3.63) is 29.8 Å². The number of rotatable bonds is 7. The molecule has 0 heterocycles. The predicted octanol–water partition coefficient (Wildman–Crippen LogP) is 1.97. The molecule has 2 N–H and O–H groups in total. The number of benzene rings is 1. The van der Waals surface area contributed by atoms with Crippen molar-refractivity contribution in [2.75, 3.05) is 20.8 Å². The molecule has 2 amide bonds. The van der Waals surface area contributed by atoms with Crippen LogP contribution in [0.2, 0.25) is 0 Å². The maximum Gasteiger partial charge on any atom is 0.247 e. The molecule has 1 fully saturated rings. The van der Waals surface area contributed by atoms with E-state index in [-0.39, 0.29) is 18.5 Å². The van der Waals surface area contributed by atoms with Gasteiger partial charge in [0, 0.05) is 17.7 Å². The Labute approximate surface area is 142 Å². The van der Waals surface area contributed by atoms with Crippen molar-refractivity contribution in [2.24, 2.45) is 5.73 Å². The van der Waals surface area contributed by atoms with Crippen LogP contribution in [-0.2, 0) is 9.59 Å². The van der Waals surface area contributed by atoms with Gasteiger partial charge in [-0.1, -0.05) is 12.8 Å². The lowest BCUT2D eigenvalue weighted by atomic mass is 10.1. The van der Waals surface area contributed by atoms with E-state index in [0.29, 0.717) is 11.5 Å². The smallest absolute Gasteiger partial charge is 0.247 e. The van der Waals surface area contributed by atoms with E-state index in [9.17, 15) is 9.59 Å². The molecule has 0 atom stereocenters. The van der Waals surface area contributed by atoms with Gasteiger partial charge in [-0.25, -0.2) is 0 Å². The molecule has 1 saturated carbocycles. The van der Waals surface area contributed by atoms with Gasteiger partial charge in [0.15, 0.2) is 0 Å². The highest BCUT2D eigenvalue weighted by molar-refractivity contribution is 5.94. The number of methoxy groups -OCH3 is 2. The van der Waals surface area contributed by atoms with Crippen LogP contribution in [0, 0.1) is 0 Å². The standard InChI is InChI=1S/C18H24N2O4/c1-23-15-8-9-16(24-2)13(11-15)7-10-18(22)20(12-17(19)21)14-5-3-4-6-14/h7-11,14H,3-6,12H2,1-2H3,(H2,19,21)/b10-7+. The summed E-state index contributed by atoms with van der Waals surface area (Å²) in [4.78, 5) is 25.4. The van der Waals surface area contributed by atoms with Gasteiger partial charge in [0.05, 0.1) is 20.8 Å². The summed E-state index contributed by atoms with van der Waals surface area (Å²) >= 11 is 0. The Hall–Kier alpha value is -2.50. The molecule has 2 rings (SSSR count). The van der Waals surface area contributed by atoms with Crippen LogP contribution in [-0.4, -0.2) is 43.5 Å². The maximum atomic E-state index is 12.6. The van der Waals surface area contributed by atoms with Crippen LogP contribution < -0.4 is 15.2 Å². The van der Waals surface area contributed by atoms with Gasteiger partial charge < -0.3 is 20.1 Å². The van der Waals surface area contributed by atoms with Crippen molar-refractivity contribution in [3.63, 3.8) is 0 Å². The molecule has 0 spiro atoms. The van der Waals surface area contributed by atoms with E-state index in [2.05, 4.69) is 0 Å². The maximum absolute atomic E-state index is 12.6. The average molecular weight is 332 g/mol. The van der Waals surface area contributed by atoms with Crippen molar-refractivity contribution >= 4 is 17.9 Å². The first-order valence-electron chi connectivity index (χ1n) is 8.04. The third-order valence-corrected chi connectivity index (χ3v) is 4.22.